The summed E-state index contributed by atoms with van der Waals surface area (Å²) in [5.41, 5.74) is 0.861. The van der Waals surface area contributed by atoms with Crippen molar-refractivity contribution in [1.29, 1.82) is 0 Å². The van der Waals surface area contributed by atoms with Gasteiger partial charge in [-0.1, -0.05) is 25.0 Å². The molecule has 5 nitrogen and oxygen atoms in total. The predicted molar refractivity (Wildman–Crippen MR) is 89.9 cm³/mol. The van der Waals surface area contributed by atoms with Gasteiger partial charge in [0.25, 0.3) is 0 Å². The number of carboxylic acid groups (broad SMARTS) is 1. The van der Waals surface area contributed by atoms with Gasteiger partial charge in [-0.3, -0.25) is 4.21 Å². The van der Waals surface area contributed by atoms with Crippen molar-refractivity contribution in [1.82, 2.24) is 4.90 Å². The number of hydrogen-bond donors (Lipinski definition) is 2. The topological polar surface area (TPSA) is 77.8 Å². The summed E-state index contributed by atoms with van der Waals surface area (Å²) in [7, 11) is -0.993. The van der Waals surface area contributed by atoms with Crippen molar-refractivity contribution >= 4 is 16.9 Å². The third-order valence-corrected chi connectivity index (χ3v) is 5.51. The largest absolute Gasteiger partial charge is 0.465 e. The van der Waals surface area contributed by atoms with Crippen LogP contribution in [0, 0.1) is 5.92 Å². The number of benzene rings is 1. The van der Waals surface area contributed by atoms with Crippen LogP contribution in [0.5, 0.6) is 0 Å². The van der Waals surface area contributed by atoms with E-state index in [2.05, 4.69) is 0 Å². The highest BCUT2D eigenvalue weighted by Crippen LogP contribution is 2.26. The summed E-state index contributed by atoms with van der Waals surface area (Å²) < 4.78 is 11.3. The van der Waals surface area contributed by atoms with Gasteiger partial charge in [0.05, 0.1) is 6.10 Å². The van der Waals surface area contributed by atoms with Gasteiger partial charge in [0.2, 0.25) is 0 Å². The molecule has 0 aromatic heterocycles. The van der Waals surface area contributed by atoms with E-state index in [9.17, 15) is 14.1 Å². The number of hydrogen-bond acceptors (Lipinski definition) is 3. The third-order valence-electron chi connectivity index (χ3n) is 4.57. The number of aliphatic hydroxyl groups is 1. The zero-order chi connectivity index (χ0) is 16.8. The molecule has 1 fully saturated rings. The minimum Gasteiger partial charge on any atom is -0.465 e. The highest BCUT2D eigenvalue weighted by Gasteiger charge is 2.22. The monoisotopic (exact) mass is 339 g/mol. The lowest BCUT2D eigenvalue weighted by Gasteiger charge is -2.30. The van der Waals surface area contributed by atoms with Crippen LogP contribution in [0.2, 0.25) is 0 Å². The first kappa shape index (κ1) is 17.9. The fourth-order valence-electron chi connectivity index (χ4n) is 3.06. The molecule has 1 aromatic rings. The highest BCUT2D eigenvalue weighted by atomic mass is 32.2. The molecular formula is C17H25NO4S. The average molecular weight is 339 g/mol. The maximum absolute atomic E-state index is 11.3. The zero-order valence-electron chi connectivity index (χ0n) is 13.5. The molecule has 2 N–H and O–H groups in total. The van der Waals surface area contributed by atoms with Gasteiger partial charge >= 0.3 is 6.09 Å². The molecule has 23 heavy (non-hydrogen) atoms. The Balaban J connectivity index is 1.71. The molecule has 0 radical (unpaired) electrons. The van der Waals surface area contributed by atoms with Crippen LogP contribution in [0.25, 0.3) is 0 Å². The van der Waals surface area contributed by atoms with Gasteiger partial charge in [0.1, 0.15) is 0 Å². The Morgan fingerprint density at radius 2 is 1.91 bits per heavy atom. The summed E-state index contributed by atoms with van der Waals surface area (Å²) in [6.45, 7) is 1.25. The summed E-state index contributed by atoms with van der Waals surface area (Å²) >= 11 is 0. The second kappa shape index (κ2) is 8.45. The molecule has 0 aliphatic carbocycles. The Morgan fingerprint density at radius 3 is 2.43 bits per heavy atom. The average Bonchev–Trinajstić information content (AvgIpc) is 2.55. The summed E-state index contributed by atoms with van der Waals surface area (Å²) in [5, 5.41) is 19.2. The van der Waals surface area contributed by atoms with Gasteiger partial charge in [-0.15, -0.1) is 0 Å². The molecule has 1 saturated heterocycles. The first-order valence-electron chi connectivity index (χ1n) is 8.06. The van der Waals surface area contributed by atoms with E-state index in [1.807, 2.05) is 12.1 Å². The van der Waals surface area contributed by atoms with Crippen LogP contribution in [0.4, 0.5) is 4.79 Å². The van der Waals surface area contributed by atoms with Crippen molar-refractivity contribution in [3.63, 3.8) is 0 Å². The van der Waals surface area contributed by atoms with E-state index in [1.165, 1.54) is 4.90 Å². The smallest absolute Gasteiger partial charge is 0.407 e. The number of rotatable bonds is 6. The zero-order valence-corrected chi connectivity index (χ0v) is 14.3. The maximum Gasteiger partial charge on any atom is 0.407 e. The Morgan fingerprint density at radius 1 is 1.30 bits per heavy atom. The van der Waals surface area contributed by atoms with E-state index in [0.717, 1.165) is 36.1 Å². The molecule has 1 heterocycles. The standard InChI is InChI=1S/C17H25NO4S/c1-23(22)15-7-5-14(6-8-15)16(19)4-2-3-13-9-11-18(12-10-13)17(20)21/h5-8,13,16,19H,2-4,9-12H2,1H3,(H,20,21). The van der Waals surface area contributed by atoms with Gasteiger partial charge in [-0.2, -0.15) is 0 Å². The van der Waals surface area contributed by atoms with E-state index < -0.39 is 23.0 Å². The summed E-state index contributed by atoms with van der Waals surface area (Å²) in [6, 6.07) is 7.28. The quantitative estimate of drug-likeness (QED) is 0.835. The summed E-state index contributed by atoms with van der Waals surface area (Å²) in [6.07, 6.45) is 4.82. The lowest BCUT2D eigenvalue weighted by Crippen LogP contribution is -2.37. The third kappa shape index (κ3) is 5.32. The Bertz CT molecular complexity index is 538. The van der Waals surface area contributed by atoms with Crippen molar-refractivity contribution in [2.45, 2.75) is 43.1 Å². The Kier molecular flexibility index (Phi) is 6.59. The van der Waals surface area contributed by atoms with Gasteiger partial charge in [-0.05, 0) is 42.9 Å². The normalized spacial score (nSPS) is 18.6. The van der Waals surface area contributed by atoms with Crippen molar-refractivity contribution < 1.29 is 19.2 Å². The molecule has 0 saturated carbocycles. The first-order valence-corrected chi connectivity index (χ1v) is 9.62. The number of carbonyl (C=O) groups is 1. The molecule has 1 aromatic carbocycles. The molecular weight excluding hydrogens is 314 g/mol. The number of amides is 1. The predicted octanol–water partition coefficient (Wildman–Crippen LogP) is 3.02. The Hall–Kier alpha value is -1.40. The minimum absolute atomic E-state index is 0.492. The maximum atomic E-state index is 11.3. The van der Waals surface area contributed by atoms with E-state index in [4.69, 9.17) is 5.11 Å². The van der Waals surface area contributed by atoms with Crippen molar-refractivity contribution in [2.24, 2.45) is 5.92 Å². The second-order valence-corrected chi connectivity index (χ2v) is 7.56. The second-order valence-electron chi connectivity index (χ2n) is 6.18. The van der Waals surface area contributed by atoms with Crippen LogP contribution < -0.4 is 0 Å². The molecule has 128 valence electrons. The van der Waals surface area contributed by atoms with Crippen molar-refractivity contribution in [2.75, 3.05) is 19.3 Å². The molecule has 6 heteroatoms. The Labute approximate surface area is 139 Å². The van der Waals surface area contributed by atoms with Crippen LogP contribution in [0.1, 0.15) is 43.8 Å². The molecule has 2 atom stereocenters. The van der Waals surface area contributed by atoms with E-state index >= 15 is 0 Å². The van der Waals surface area contributed by atoms with Crippen LogP contribution in [0.15, 0.2) is 29.2 Å². The molecule has 0 spiro atoms. The van der Waals surface area contributed by atoms with Crippen molar-refractivity contribution in [3.8, 4) is 0 Å². The van der Waals surface area contributed by atoms with Gasteiger partial charge in [-0.25, -0.2) is 4.79 Å². The van der Waals surface area contributed by atoms with Crippen LogP contribution in [-0.2, 0) is 10.8 Å². The van der Waals surface area contributed by atoms with Gasteiger partial charge in [0.15, 0.2) is 0 Å². The molecule has 1 aliphatic rings. The van der Waals surface area contributed by atoms with Crippen molar-refractivity contribution in [3.05, 3.63) is 29.8 Å². The van der Waals surface area contributed by atoms with Crippen LogP contribution >= 0.6 is 0 Å². The van der Waals surface area contributed by atoms with Gasteiger partial charge in [0, 0.05) is 35.0 Å². The molecule has 2 rings (SSSR count). The molecule has 0 bridgehead atoms. The molecule has 2 unspecified atom stereocenters. The SMILES string of the molecule is CS(=O)c1ccc(C(O)CCCC2CCN(C(=O)O)CC2)cc1. The van der Waals surface area contributed by atoms with E-state index in [-0.39, 0.29) is 0 Å². The first-order chi connectivity index (χ1) is 11.0. The van der Waals surface area contributed by atoms with Crippen LogP contribution in [0.3, 0.4) is 0 Å². The minimum atomic E-state index is -0.993. The number of likely N-dealkylation sites (tertiary alicyclic amines) is 1. The highest BCUT2D eigenvalue weighted by molar-refractivity contribution is 7.84. The number of piperidine rings is 1. The number of aliphatic hydroxyl groups excluding tert-OH is 1. The fourth-order valence-corrected chi connectivity index (χ4v) is 3.58. The van der Waals surface area contributed by atoms with E-state index in [0.29, 0.717) is 25.4 Å². The lowest BCUT2D eigenvalue weighted by molar-refractivity contribution is 0.120. The molecule has 1 aliphatic heterocycles. The van der Waals surface area contributed by atoms with Crippen LogP contribution in [-0.4, -0.2) is 44.8 Å². The van der Waals surface area contributed by atoms with Gasteiger partial charge < -0.3 is 15.1 Å². The van der Waals surface area contributed by atoms with E-state index in [1.54, 1.807) is 18.4 Å². The molecule has 1 amide bonds. The lowest BCUT2D eigenvalue weighted by atomic mass is 9.90. The number of nitrogens with zero attached hydrogens (tertiary/aromatic N) is 1. The summed E-state index contributed by atoms with van der Waals surface area (Å²) in [4.78, 5) is 13.1. The summed E-state index contributed by atoms with van der Waals surface area (Å²) in [5.74, 6) is 0.558. The fraction of sp³-hybridized carbons (Fsp3) is 0.588.